The first-order valence-corrected chi connectivity index (χ1v) is 7.86. The average Bonchev–Trinajstić information content (AvgIpc) is 2.61. The van der Waals surface area contributed by atoms with Crippen LogP contribution in [0, 0.1) is 29.6 Å². The number of anilines is 2. The van der Waals surface area contributed by atoms with Gasteiger partial charge in [-0.25, -0.2) is 0 Å². The topological polar surface area (TPSA) is 79.9 Å². The van der Waals surface area contributed by atoms with Crippen LogP contribution in [0.4, 0.5) is 11.4 Å². The molecule has 126 valence electrons. The highest BCUT2D eigenvalue weighted by Crippen LogP contribution is 2.23. The Labute approximate surface area is 148 Å². The number of amides is 1. The molecule has 0 aliphatic carbocycles. The molecular weight excluding hydrogens is 312 g/mol. The molecule has 0 unspecified atom stereocenters. The lowest BCUT2D eigenvalue weighted by Crippen LogP contribution is -2.48. The minimum absolute atomic E-state index is 0.151. The van der Waals surface area contributed by atoms with Crippen LogP contribution in [0.15, 0.2) is 42.5 Å². The number of rotatable bonds is 4. The quantitative estimate of drug-likeness (QED) is 0.928. The number of carbonyl (C=O) groups is 1. The molecule has 2 rings (SSSR count). The van der Waals surface area contributed by atoms with Gasteiger partial charge in [-0.2, -0.15) is 10.5 Å². The molecule has 1 N–H and O–H groups in total. The molecule has 1 amide bonds. The lowest BCUT2D eigenvalue weighted by Gasteiger charge is -2.31. The Morgan fingerprint density at radius 1 is 1.04 bits per heavy atom. The van der Waals surface area contributed by atoms with Crippen molar-refractivity contribution >= 4 is 17.3 Å². The highest BCUT2D eigenvalue weighted by molar-refractivity contribution is 6.01. The Kier molecular flexibility index (Phi) is 5.10. The standard InChI is InChI=1S/C20H20N4O/c1-14-5-8-17(9-6-14)23-20(2,3)19(25)24(4)18-10-7-15(12-21)16(11-18)13-22/h5-11,23H,1-4H3. The lowest BCUT2D eigenvalue weighted by atomic mass is 10.0. The zero-order valence-electron chi connectivity index (χ0n) is 14.8. The van der Waals surface area contributed by atoms with Crippen molar-refractivity contribution in [1.29, 1.82) is 10.5 Å². The van der Waals surface area contributed by atoms with Crippen molar-refractivity contribution in [2.24, 2.45) is 0 Å². The molecule has 2 aromatic carbocycles. The molecule has 0 atom stereocenters. The first-order valence-electron chi connectivity index (χ1n) is 7.86. The van der Waals surface area contributed by atoms with Crippen LogP contribution in [0.5, 0.6) is 0 Å². The fourth-order valence-electron chi connectivity index (χ4n) is 2.52. The Hall–Kier alpha value is -3.31. The number of likely N-dealkylation sites (N-methyl/N-ethyl adjacent to an activating group) is 1. The second-order valence-corrected chi connectivity index (χ2v) is 6.43. The number of nitriles is 2. The summed E-state index contributed by atoms with van der Waals surface area (Å²) in [5.74, 6) is -0.151. The van der Waals surface area contributed by atoms with Gasteiger partial charge in [-0.05, 0) is 51.1 Å². The summed E-state index contributed by atoms with van der Waals surface area (Å²) in [6.07, 6.45) is 0. The van der Waals surface area contributed by atoms with Crippen LogP contribution in [-0.2, 0) is 4.79 Å². The maximum absolute atomic E-state index is 12.9. The van der Waals surface area contributed by atoms with Gasteiger partial charge in [0.15, 0.2) is 0 Å². The van der Waals surface area contributed by atoms with Crippen molar-refractivity contribution < 1.29 is 4.79 Å². The van der Waals surface area contributed by atoms with Crippen LogP contribution in [0.25, 0.3) is 0 Å². The van der Waals surface area contributed by atoms with Crippen molar-refractivity contribution in [3.63, 3.8) is 0 Å². The van der Waals surface area contributed by atoms with E-state index in [0.29, 0.717) is 11.3 Å². The van der Waals surface area contributed by atoms with E-state index in [-0.39, 0.29) is 11.5 Å². The third-order valence-corrected chi connectivity index (χ3v) is 3.98. The monoisotopic (exact) mass is 332 g/mol. The second kappa shape index (κ2) is 7.07. The number of hydrogen-bond acceptors (Lipinski definition) is 4. The summed E-state index contributed by atoms with van der Waals surface area (Å²) in [4.78, 5) is 14.4. The number of nitrogens with zero attached hydrogens (tertiary/aromatic N) is 3. The summed E-state index contributed by atoms with van der Waals surface area (Å²) >= 11 is 0. The fraction of sp³-hybridized carbons (Fsp3) is 0.250. The minimum atomic E-state index is -0.843. The van der Waals surface area contributed by atoms with E-state index in [9.17, 15) is 4.79 Å². The van der Waals surface area contributed by atoms with E-state index in [2.05, 4.69) is 5.32 Å². The van der Waals surface area contributed by atoms with Crippen LogP contribution >= 0.6 is 0 Å². The van der Waals surface area contributed by atoms with Crippen molar-refractivity contribution in [3.8, 4) is 12.1 Å². The molecule has 0 heterocycles. The first-order chi connectivity index (χ1) is 11.8. The van der Waals surface area contributed by atoms with Crippen LogP contribution in [0.1, 0.15) is 30.5 Å². The molecule has 0 aliphatic rings. The van der Waals surface area contributed by atoms with E-state index in [1.54, 1.807) is 39.1 Å². The minimum Gasteiger partial charge on any atom is -0.372 e. The summed E-state index contributed by atoms with van der Waals surface area (Å²) in [7, 11) is 1.66. The second-order valence-electron chi connectivity index (χ2n) is 6.43. The summed E-state index contributed by atoms with van der Waals surface area (Å²) in [6, 6.07) is 16.6. The molecule has 0 aromatic heterocycles. The Morgan fingerprint density at radius 3 is 2.20 bits per heavy atom. The molecule has 25 heavy (non-hydrogen) atoms. The molecule has 5 nitrogen and oxygen atoms in total. The molecule has 5 heteroatoms. The molecule has 0 radical (unpaired) electrons. The smallest absolute Gasteiger partial charge is 0.251 e. The Bertz CT molecular complexity index is 870. The predicted molar refractivity (Wildman–Crippen MR) is 98.2 cm³/mol. The number of carbonyl (C=O) groups excluding carboxylic acids is 1. The summed E-state index contributed by atoms with van der Waals surface area (Å²) in [5, 5.41) is 21.4. The van der Waals surface area contributed by atoms with E-state index >= 15 is 0 Å². The highest BCUT2D eigenvalue weighted by Gasteiger charge is 2.31. The van der Waals surface area contributed by atoms with Crippen LogP contribution in [-0.4, -0.2) is 18.5 Å². The Balaban J connectivity index is 2.25. The number of aryl methyl sites for hydroxylation is 1. The molecule has 0 fully saturated rings. The molecular formula is C20H20N4O. The zero-order valence-corrected chi connectivity index (χ0v) is 14.8. The molecule has 0 saturated carbocycles. The summed E-state index contributed by atoms with van der Waals surface area (Å²) in [5.41, 5.74) is 2.28. The van der Waals surface area contributed by atoms with E-state index in [1.165, 1.54) is 4.90 Å². The van der Waals surface area contributed by atoms with Gasteiger partial charge < -0.3 is 10.2 Å². The zero-order chi connectivity index (χ0) is 18.6. The molecule has 0 saturated heterocycles. The number of nitrogens with one attached hydrogen (secondary N) is 1. The van der Waals surface area contributed by atoms with E-state index < -0.39 is 5.54 Å². The number of hydrogen-bond donors (Lipinski definition) is 1. The molecule has 2 aromatic rings. The third-order valence-electron chi connectivity index (χ3n) is 3.98. The van der Waals surface area contributed by atoms with Crippen molar-refractivity contribution in [1.82, 2.24) is 0 Å². The van der Waals surface area contributed by atoms with Crippen molar-refractivity contribution in [3.05, 3.63) is 59.2 Å². The van der Waals surface area contributed by atoms with Crippen molar-refractivity contribution in [2.45, 2.75) is 26.3 Å². The van der Waals surface area contributed by atoms with Gasteiger partial charge in [0.1, 0.15) is 17.7 Å². The van der Waals surface area contributed by atoms with Crippen LogP contribution in [0.3, 0.4) is 0 Å². The van der Waals surface area contributed by atoms with Crippen molar-refractivity contribution in [2.75, 3.05) is 17.3 Å². The van der Waals surface area contributed by atoms with Crippen LogP contribution < -0.4 is 10.2 Å². The third kappa shape index (κ3) is 3.97. The van der Waals surface area contributed by atoms with Gasteiger partial charge in [0.05, 0.1) is 11.1 Å². The van der Waals surface area contributed by atoms with Gasteiger partial charge in [-0.1, -0.05) is 17.7 Å². The molecule has 0 bridgehead atoms. The van der Waals surface area contributed by atoms with E-state index in [4.69, 9.17) is 10.5 Å². The van der Waals surface area contributed by atoms with Gasteiger partial charge in [-0.3, -0.25) is 4.79 Å². The predicted octanol–water partition coefficient (Wildman–Crippen LogP) is 3.59. The molecule has 0 aliphatic heterocycles. The highest BCUT2D eigenvalue weighted by atomic mass is 16.2. The SMILES string of the molecule is Cc1ccc(NC(C)(C)C(=O)N(C)c2ccc(C#N)c(C#N)c2)cc1. The van der Waals surface area contributed by atoms with Gasteiger partial charge in [0, 0.05) is 18.4 Å². The average molecular weight is 332 g/mol. The van der Waals surface area contributed by atoms with E-state index in [1.807, 2.05) is 43.3 Å². The van der Waals surface area contributed by atoms with Crippen LogP contribution in [0.2, 0.25) is 0 Å². The summed E-state index contributed by atoms with van der Waals surface area (Å²) < 4.78 is 0. The fourth-order valence-corrected chi connectivity index (χ4v) is 2.52. The lowest BCUT2D eigenvalue weighted by molar-refractivity contribution is -0.121. The maximum Gasteiger partial charge on any atom is 0.251 e. The largest absolute Gasteiger partial charge is 0.372 e. The first kappa shape index (κ1) is 18.0. The van der Waals surface area contributed by atoms with Gasteiger partial charge >= 0.3 is 0 Å². The molecule has 0 spiro atoms. The van der Waals surface area contributed by atoms with E-state index in [0.717, 1.165) is 11.3 Å². The number of benzene rings is 2. The van der Waals surface area contributed by atoms with Gasteiger partial charge in [-0.15, -0.1) is 0 Å². The van der Waals surface area contributed by atoms with Gasteiger partial charge in [0.2, 0.25) is 0 Å². The Morgan fingerprint density at radius 2 is 1.64 bits per heavy atom. The maximum atomic E-state index is 12.9. The van der Waals surface area contributed by atoms with Gasteiger partial charge in [0.25, 0.3) is 5.91 Å². The normalized spacial score (nSPS) is 10.5. The summed E-state index contributed by atoms with van der Waals surface area (Å²) in [6.45, 7) is 5.62.